The van der Waals surface area contributed by atoms with E-state index in [0.29, 0.717) is 6.42 Å². The molecule has 0 rings (SSSR count). The van der Waals surface area contributed by atoms with E-state index in [2.05, 4.69) is 27.7 Å². The summed E-state index contributed by atoms with van der Waals surface area (Å²) in [5.41, 5.74) is 0. The van der Waals surface area contributed by atoms with E-state index in [0.717, 1.165) is 12.8 Å². The molecular weight excluding hydrogens is 654 g/mol. The molecule has 0 aliphatic rings. The summed E-state index contributed by atoms with van der Waals surface area (Å²) >= 11 is 1.56. The Morgan fingerprint density at radius 1 is 0.537 bits per heavy atom. The van der Waals surface area contributed by atoms with Crippen LogP contribution in [0.15, 0.2) is 0 Å². The largest absolute Gasteiger partial charge is 0.394 e. The van der Waals surface area contributed by atoms with E-state index < -0.39 is 16.4 Å². The van der Waals surface area contributed by atoms with Crippen LogP contribution < -0.4 is 0 Å². The van der Waals surface area contributed by atoms with Crippen LogP contribution in [-0.2, 0) is 15.2 Å². The van der Waals surface area contributed by atoms with E-state index in [1.54, 1.807) is 8.87 Å². The molecule has 244 valence electrons. The van der Waals surface area contributed by atoms with Crippen molar-refractivity contribution in [3.63, 3.8) is 0 Å². The molecule has 3 N–H and O–H groups in total. The SMILES string of the molecule is CCCCCCCCCCCC(=O)O.CCCCCCCCCCC[CH2][Na].CCC[CH2][Sn][CH2]CCC.O=S(=O)(O)O. The van der Waals surface area contributed by atoms with E-state index >= 15 is 0 Å². The Labute approximate surface area is 285 Å². The first-order valence-corrected chi connectivity index (χ1v) is 24.1. The fraction of sp³-hybridized carbons (Fsp3) is 0.969. The second-order valence-corrected chi connectivity index (χ2v) is 17.2. The average Bonchev–Trinajstić information content (AvgIpc) is 2.91. The summed E-state index contributed by atoms with van der Waals surface area (Å²) in [5.74, 6) is -0.659. The molecule has 2 radical (unpaired) electrons. The molecule has 6 nitrogen and oxygen atoms in total. The van der Waals surface area contributed by atoms with Gasteiger partial charge < -0.3 is 5.11 Å². The quantitative estimate of drug-likeness (QED) is 0.0465. The van der Waals surface area contributed by atoms with Gasteiger partial charge in [-0.25, -0.2) is 0 Å². The first-order valence-electron chi connectivity index (χ1n) is 17.2. The van der Waals surface area contributed by atoms with Crippen molar-refractivity contribution in [2.75, 3.05) is 0 Å². The molecular formula is C32H69NaO6SSn. The van der Waals surface area contributed by atoms with E-state index in [9.17, 15) is 4.79 Å². The van der Waals surface area contributed by atoms with Gasteiger partial charge in [-0.05, 0) is 6.42 Å². The van der Waals surface area contributed by atoms with Crippen LogP contribution in [0.4, 0.5) is 0 Å². The van der Waals surface area contributed by atoms with Crippen molar-refractivity contribution in [3.8, 4) is 0 Å². The van der Waals surface area contributed by atoms with Gasteiger partial charge in [0.25, 0.3) is 0 Å². The van der Waals surface area contributed by atoms with Gasteiger partial charge >= 0.3 is 189 Å². The number of aliphatic carboxylic acids is 1. The molecule has 0 saturated carbocycles. The number of carboxylic acid groups (broad SMARTS) is 1. The smallest absolute Gasteiger partial charge is 0.264 e. The first-order chi connectivity index (χ1) is 19.6. The Morgan fingerprint density at radius 2 is 0.805 bits per heavy atom. The summed E-state index contributed by atoms with van der Waals surface area (Å²) < 4.78 is 36.3. The van der Waals surface area contributed by atoms with Crippen molar-refractivity contribution in [3.05, 3.63) is 0 Å². The van der Waals surface area contributed by atoms with Crippen molar-refractivity contribution in [1.29, 1.82) is 0 Å². The maximum absolute atomic E-state index is 10.2. The monoisotopic (exact) mass is 724 g/mol. The fourth-order valence-corrected chi connectivity index (χ4v) is 8.71. The van der Waals surface area contributed by atoms with Crippen molar-refractivity contribution in [2.24, 2.45) is 0 Å². The zero-order chi connectivity index (χ0) is 31.9. The molecule has 0 fully saturated rings. The molecule has 0 aromatic carbocycles. The Bertz CT molecular complexity index is 540. The van der Waals surface area contributed by atoms with Gasteiger partial charge in [-0.3, -0.25) is 13.9 Å². The van der Waals surface area contributed by atoms with Crippen molar-refractivity contribution in [1.82, 2.24) is 0 Å². The van der Waals surface area contributed by atoms with Gasteiger partial charge in [0, 0.05) is 6.42 Å². The molecule has 0 aromatic heterocycles. The number of hydrogen-bond donors (Lipinski definition) is 3. The summed E-state index contributed by atoms with van der Waals surface area (Å²) in [4.78, 5) is 10.2. The average molecular weight is 724 g/mol. The number of unbranched alkanes of at least 4 members (excludes halogenated alkanes) is 19. The van der Waals surface area contributed by atoms with Crippen LogP contribution in [0, 0.1) is 0 Å². The predicted octanol–water partition coefficient (Wildman–Crippen LogP) is 11.0. The molecule has 0 amide bonds. The summed E-state index contributed by atoms with van der Waals surface area (Å²) in [6, 6.07) is 0. The minimum atomic E-state index is -4.67. The van der Waals surface area contributed by atoms with Crippen LogP contribution in [-0.4, -0.2) is 77.7 Å². The van der Waals surface area contributed by atoms with Crippen LogP contribution in [0.2, 0.25) is 12.5 Å². The standard InChI is InChI=1S/C12H24O2.C12H25.2C4H9.Na.H2O4S.Sn/c1-2-3-4-5-6-7-8-9-10-11-12(13)14;1-3-5-7-9-11-12-10-8-6-4-2;2*1-3-4-2;;1-5(2,3)4;/h2-11H2,1H3,(H,13,14);1,3-12H2,2H3;2*1,3-4H2,2H3;;(H2,1,2,3,4);. The van der Waals surface area contributed by atoms with Gasteiger partial charge in [-0.2, -0.15) is 8.42 Å². The molecule has 0 aliphatic heterocycles. The minimum Gasteiger partial charge on any atom is -0.264 e. The molecule has 0 atom stereocenters. The van der Waals surface area contributed by atoms with Gasteiger partial charge in [0.2, 0.25) is 0 Å². The van der Waals surface area contributed by atoms with E-state index in [4.69, 9.17) is 22.6 Å². The number of rotatable bonds is 26. The molecule has 9 heteroatoms. The molecule has 0 unspecified atom stereocenters. The van der Waals surface area contributed by atoms with Crippen LogP contribution in [0.5, 0.6) is 0 Å². The normalized spacial score (nSPS) is 10.5. The third kappa shape index (κ3) is 79.6. The number of carboxylic acids is 1. The zero-order valence-corrected chi connectivity index (χ0v) is 33.7. The summed E-state index contributed by atoms with van der Waals surface area (Å²) in [7, 11) is -4.67. The van der Waals surface area contributed by atoms with Crippen molar-refractivity contribution in [2.45, 2.75) is 194 Å². The Hall–Kier alpha value is 1.14. The van der Waals surface area contributed by atoms with Crippen molar-refractivity contribution >= 4 is 65.4 Å². The maximum atomic E-state index is 10.2. The summed E-state index contributed by atoms with van der Waals surface area (Å²) in [6.07, 6.45) is 32.1. The van der Waals surface area contributed by atoms with E-state index in [1.165, 1.54) is 166 Å². The van der Waals surface area contributed by atoms with Gasteiger partial charge in [-0.1, -0.05) is 58.3 Å². The van der Waals surface area contributed by atoms with Gasteiger partial charge in [-0.15, -0.1) is 0 Å². The molecule has 0 aliphatic carbocycles. The maximum Gasteiger partial charge on any atom is 0.394 e. The molecule has 0 bridgehead atoms. The second kappa shape index (κ2) is 45.6. The number of carbonyl (C=O) groups is 1. The van der Waals surface area contributed by atoms with Gasteiger partial charge in [0.1, 0.15) is 0 Å². The van der Waals surface area contributed by atoms with E-state index in [-0.39, 0.29) is 21.1 Å². The Kier molecular flexibility index (Phi) is 54.5. The Balaban J connectivity index is -0.000000235. The molecule has 0 aromatic rings. The Morgan fingerprint density at radius 3 is 1.07 bits per heavy atom. The van der Waals surface area contributed by atoms with Crippen molar-refractivity contribution < 1.29 is 27.4 Å². The minimum absolute atomic E-state index is 0.149. The molecule has 0 saturated heterocycles. The van der Waals surface area contributed by atoms with E-state index in [1.807, 2.05) is 0 Å². The first kappa shape index (κ1) is 49.0. The van der Waals surface area contributed by atoms with Crippen LogP contribution in [0.3, 0.4) is 0 Å². The third-order valence-electron chi connectivity index (χ3n) is 6.62. The fourth-order valence-electron chi connectivity index (χ4n) is 4.05. The van der Waals surface area contributed by atoms with Crippen LogP contribution in [0.25, 0.3) is 0 Å². The third-order valence-corrected chi connectivity index (χ3v) is 11.4. The summed E-state index contributed by atoms with van der Waals surface area (Å²) in [6.45, 7) is 9.10. The van der Waals surface area contributed by atoms with Crippen LogP contribution in [0.1, 0.15) is 182 Å². The van der Waals surface area contributed by atoms with Gasteiger partial charge in [0.05, 0.1) is 0 Å². The molecule has 0 spiro atoms. The summed E-state index contributed by atoms with van der Waals surface area (Å²) in [5, 5.41) is 8.41. The van der Waals surface area contributed by atoms with Gasteiger partial charge in [0.15, 0.2) is 0 Å². The zero-order valence-electron chi connectivity index (χ0n) is 28.1. The molecule has 0 heterocycles. The molecule has 41 heavy (non-hydrogen) atoms. The second-order valence-electron chi connectivity index (χ2n) is 11.1. The topological polar surface area (TPSA) is 112 Å². The predicted molar refractivity (Wildman–Crippen MR) is 181 cm³/mol. The number of hydrogen-bond acceptors (Lipinski definition) is 3. The van der Waals surface area contributed by atoms with Crippen LogP contribution >= 0.6 is 0 Å².